The largest absolute Gasteiger partial charge is 0.462 e. The fourth-order valence-corrected chi connectivity index (χ4v) is 6.66. The minimum Gasteiger partial charge on any atom is -0.462 e. The first-order valence-electron chi connectivity index (χ1n) is 26.7. The average Bonchev–Trinajstić information content (AvgIpc) is 3.33. The van der Waals surface area contributed by atoms with Gasteiger partial charge in [-0.1, -0.05) is 193 Å². The van der Waals surface area contributed by atoms with Crippen LogP contribution in [0.15, 0.2) is 134 Å². The van der Waals surface area contributed by atoms with Gasteiger partial charge in [-0.15, -0.1) is 0 Å². The van der Waals surface area contributed by atoms with Crippen molar-refractivity contribution in [3.05, 3.63) is 134 Å². The summed E-state index contributed by atoms with van der Waals surface area (Å²) in [7, 11) is 0. The third kappa shape index (κ3) is 52.4. The Balaban J connectivity index is 4.55. The summed E-state index contributed by atoms with van der Waals surface area (Å²) in [6, 6.07) is 0. The second-order valence-corrected chi connectivity index (χ2v) is 17.0. The van der Waals surface area contributed by atoms with Crippen LogP contribution in [0.3, 0.4) is 0 Å². The van der Waals surface area contributed by atoms with Crippen LogP contribution in [0.2, 0.25) is 0 Å². The van der Waals surface area contributed by atoms with Crippen LogP contribution in [0, 0.1) is 0 Å². The highest BCUT2D eigenvalue weighted by Gasteiger charge is 2.19. The Kier molecular flexibility index (Phi) is 50.6. The third-order valence-corrected chi connectivity index (χ3v) is 10.6. The lowest BCUT2D eigenvalue weighted by Crippen LogP contribution is -2.30. The van der Waals surface area contributed by atoms with Crippen molar-refractivity contribution in [2.45, 2.75) is 219 Å². The molecule has 0 aromatic heterocycles. The zero-order valence-corrected chi connectivity index (χ0v) is 42.9. The molecule has 0 saturated heterocycles. The predicted molar refractivity (Wildman–Crippen MR) is 288 cm³/mol. The number of unbranched alkanes of at least 4 members (excludes halogenated alkanes) is 13. The van der Waals surface area contributed by atoms with E-state index in [0.717, 1.165) is 122 Å². The Bertz CT molecular complexity index is 1480. The van der Waals surface area contributed by atoms with Gasteiger partial charge in [-0.2, -0.15) is 0 Å². The van der Waals surface area contributed by atoms with Crippen molar-refractivity contribution in [3.8, 4) is 0 Å². The highest BCUT2D eigenvalue weighted by molar-refractivity contribution is 5.71. The lowest BCUT2D eigenvalue weighted by atomic mass is 10.1. The van der Waals surface area contributed by atoms with E-state index < -0.39 is 6.10 Å². The van der Waals surface area contributed by atoms with Gasteiger partial charge >= 0.3 is 17.9 Å². The predicted octanol–water partition coefficient (Wildman–Crippen LogP) is 17.9. The standard InChI is InChI=1S/C61H96O6/c1-4-7-10-13-16-19-22-25-27-28-29-30-31-32-34-36-39-42-45-48-51-54-60(63)66-57-58(56-65-59(62)53-50-47-44-41-38-35-24-21-18-15-12-9-6-3)67-61(64)55-52-49-46-43-40-37-33-26-23-20-17-14-11-8-5-2/h7-8,10-11,16-17,19-21,24-27,29-30,32-34,39-40,42-43,58H,4-6,9,12-15,18,22-23,28,31,35-38,41,44-57H2,1-3H3/b10-7-,11-8-,19-16-,20-17-,24-21-,27-25-,30-29-,33-26-,34-32-,42-39-,43-40-. The summed E-state index contributed by atoms with van der Waals surface area (Å²) < 4.78 is 16.7. The maximum Gasteiger partial charge on any atom is 0.306 e. The third-order valence-electron chi connectivity index (χ3n) is 10.6. The van der Waals surface area contributed by atoms with E-state index in [1.165, 1.54) is 38.5 Å². The van der Waals surface area contributed by atoms with Gasteiger partial charge in [-0.05, 0) is 135 Å². The molecule has 0 rings (SSSR count). The Morgan fingerprint density at radius 3 is 0.955 bits per heavy atom. The van der Waals surface area contributed by atoms with Crippen LogP contribution >= 0.6 is 0 Å². The zero-order chi connectivity index (χ0) is 48.6. The molecule has 1 atom stereocenters. The fraction of sp³-hybridized carbons (Fsp3) is 0.590. The van der Waals surface area contributed by atoms with Crippen LogP contribution in [0.1, 0.15) is 213 Å². The molecule has 0 radical (unpaired) electrons. The molecule has 0 bridgehead atoms. The number of rotatable bonds is 46. The molecule has 0 aromatic rings. The summed E-state index contributed by atoms with van der Waals surface area (Å²) in [5.74, 6) is -1.02. The molecule has 0 aliphatic carbocycles. The summed E-state index contributed by atoms with van der Waals surface area (Å²) in [5.41, 5.74) is 0. The molecule has 6 nitrogen and oxygen atoms in total. The highest BCUT2D eigenvalue weighted by Crippen LogP contribution is 2.12. The van der Waals surface area contributed by atoms with E-state index in [-0.39, 0.29) is 44.0 Å². The summed E-state index contributed by atoms with van der Waals surface area (Å²) in [5, 5.41) is 0. The molecular weight excluding hydrogens is 829 g/mol. The van der Waals surface area contributed by atoms with Gasteiger partial charge < -0.3 is 14.2 Å². The normalized spacial score (nSPS) is 13.2. The molecule has 6 heteroatoms. The maximum atomic E-state index is 12.8. The SMILES string of the molecule is CC/C=C\C/C=C\C/C=C\C/C=C\C/C=C\C/C=C\CCCCC(=O)OCC(COC(=O)CCCCCCC/C=C\CCCCCC)OC(=O)CCCC/C=C\C/C=C\C/C=C\C/C=C\CC. The first-order valence-corrected chi connectivity index (χ1v) is 26.7. The summed E-state index contributed by atoms with van der Waals surface area (Å²) >= 11 is 0. The Morgan fingerprint density at radius 1 is 0.313 bits per heavy atom. The van der Waals surface area contributed by atoms with Crippen molar-refractivity contribution in [2.75, 3.05) is 13.2 Å². The van der Waals surface area contributed by atoms with Crippen LogP contribution in [0.5, 0.6) is 0 Å². The molecule has 0 aliphatic rings. The first-order chi connectivity index (χ1) is 33.0. The fourth-order valence-electron chi connectivity index (χ4n) is 6.66. The summed E-state index contributed by atoms with van der Waals surface area (Å²) in [6.45, 7) is 6.29. The van der Waals surface area contributed by atoms with Gasteiger partial charge in [-0.3, -0.25) is 14.4 Å². The molecule has 0 saturated carbocycles. The first kappa shape index (κ1) is 62.5. The number of hydrogen-bond donors (Lipinski definition) is 0. The Hall–Kier alpha value is -4.45. The van der Waals surface area contributed by atoms with Crippen LogP contribution < -0.4 is 0 Å². The maximum absolute atomic E-state index is 12.8. The van der Waals surface area contributed by atoms with Crippen LogP contribution in [-0.2, 0) is 28.6 Å². The monoisotopic (exact) mass is 925 g/mol. The van der Waals surface area contributed by atoms with Crippen molar-refractivity contribution in [3.63, 3.8) is 0 Å². The molecule has 0 N–H and O–H groups in total. The molecule has 0 amide bonds. The van der Waals surface area contributed by atoms with E-state index in [1.807, 2.05) is 0 Å². The number of hydrogen-bond acceptors (Lipinski definition) is 6. The molecule has 0 aliphatic heterocycles. The van der Waals surface area contributed by atoms with E-state index in [4.69, 9.17) is 14.2 Å². The van der Waals surface area contributed by atoms with Gasteiger partial charge in [0, 0.05) is 19.3 Å². The van der Waals surface area contributed by atoms with Crippen molar-refractivity contribution < 1.29 is 28.6 Å². The van der Waals surface area contributed by atoms with E-state index in [9.17, 15) is 14.4 Å². The van der Waals surface area contributed by atoms with E-state index >= 15 is 0 Å². The number of ether oxygens (including phenoxy) is 3. The molecule has 0 heterocycles. The quantitative estimate of drug-likeness (QED) is 0.0262. The van der Waals surface area contributed by atoms with Gasteiger partial charge in [0.25, 0.3) is 0 Å². The number of carbonyl (C=O) groups is 3. The second kappa shape index (κ2) is 54.2. The molecule has 0 aromatic carbocycles. The minimum atomic E-state index is -0.826. The van der Waals surface area contributed by atoms with Crippen molar-refractivity contribution in [2.24, 2.45) is 0 Å². The lowest BCUT2D eigenvalue weighted by molar-refractivity contribution is -0.167. The molecule has 67 heavy (non-hydrogen) atoms. The molecular formula is C61H96O6. The van der Waals surface area contributed by atoms with Crippen LogP contribution in [-0.4, -0.2) is 37.2 Å². The minimum absolute atomic E-state index is 0.118. The van der Waals surface area contributed by atoms with E-state index in [1.54, 1.807) is 0 Å². The van der Waals surface area contributed by atoms with Crippen LogP contribution in [0.4, 0.5) is 0 Å². The van der Waals surface area contributed by atoms with Gasteiger partial charge in [0.05, 0.1) is 0 Å². The van der Waals surface area contributed by atoms with Gasteiger partial charge in [-0.25, -0.2) is 0 Å². The van der Waals surface area contributed by atoms with E-state index in [0.29, 0.717) is 19.3 Å². The number of carbonyl (C=O) groups excluding carboxylic acids is 3. The number of allylic oxidation sites excluding steroid dienone is 22. The number of esters is 3. The summed E-state index contributed by atoms with van der Waals surface area (Å²) in [4.78, 5) is 38.0. The van der Waals surface area contributed by atoms with Gasteiger partial charge in [0.2, 0.25) is 0 Å². The molecule has 0 spiro atoms. The topological polar surface area (TPSA) is 78.9 Å². The second-order valence-electron chi connectivity index (χ2n) is 17.0. The van der Waals surface area contributed by atoms with Crippen molar-refractivity contribution in [1.82, 2.24) is 0 Å². The van der Waals surface area contributed by atoms with Crippen molar-refractivity contribution >= 4 is 17.9 Å². The van der Waals surface area contributed by atoms with Gasteiger partial charge in [0.15, 0.2) is 6.10 Å². The smallest absolute Gasteiger partial charge is 0.306 e. The lowest BCUT2D eigenvalue weighted by Gasteiger charge is -2.18. The molecule has 0 fully saturated rings. The molecule has 1 unspecified atom stereocenters. The summed E-state index contributed by atoms with van der Waals surface area (Å²) in [6.07, 6.45) is 75.8. The zero-order valence-electron chi connectivity index (χ0n) is 42.9. The van der Waals surface area contributed by atoms with Gasteiger partial charge in [0.1, 0.15) is 13.2 Å². The highest BCUT2D eigenvalue weighted by atomic mass is 16.6. The Labute approximate surface area is 411 Å². The van der Waals surface area contributed by atoms with Crippen LogP contribution in [0.25, 0.3) is 0 Å². The van der Waals surface area contributed by atoms with Crippen molar-refractivity contribution in [1.29, 1.82) is 0 Å². The average molecular weight is 925 g/mol. The molecule has 376 valence electrons. The Morgan fingerprint density at radius 2 is 0.582 bits per heavy atom. The van der Waals surface area contributed by atoms with E-state index in [2.05, 4.69) is 154 Å².